The standard InChI is InChI=1S/C21H32N4O/c1-15-19-14-25-7-6-16-4-5-17(24-10-8-22(2)9-11-24)12-18(16)21(25)13-20(19)23(3)26-15/h4-5,12,15,19-21H,6-11,13-14H2,1-3H3/t15-,19-,20-,21-/m0/s1. The molecule has 0 N–H and O–H groups in total. The van der Waals surface area contributed by atoms with E-state index in [-0.39, 0.29) is 0 Å². The molecule has 4 aliphatic heterocycles. The number of piperazine rings is 1. The molecule has 0 saturated carbocycles. The Morgan fingerprint density at radius 2 is 1.85 bits per heavy atom. The van der Waals surface area contributed by atoms with Crippen molar-refractivity contribution in [1.82, 2.24) is 14.9 Å². The van der Waals surface area contributed by atoms with Crippen LogP contribution in [0.2, 0.25) is 0 Å². The van der Waals surface area contributed by atoms with Crippen LogP contribution in [0.5, 0.6) is 0 Å². The van der Waals surface area contributed by atoms with E-state index in [0.717, 1.165) is 26.2 Å². The molecule has 4 atom stereocenters. The summed E-state index contributed by atoms with van der Waals surface area (Å²) >= 11 is 0. The molecular weight excluding hydrogens is 324 g/mol. The summed E-state index contributed by atoms with van der Waals surface area (Å²) in [6, 6.07) is 8.40. The van der Waals surface area contributed by atoms with Crippen molar-refractivity contribution in [2.24, 2.45) is 5.92 Å². The molecule has 0 aliphatic carbocycles. The van der Waals surface area contributed by atoms with Crippen LogP contribution in [0.15, 0.2) is 18.2 Å². The van der Waals surface area contributed by atoms with E-state index < -0.39 is 0 Å². The summed E-state index contributed by atoms with van der Waals surface area (Å²) in [6.45, 7) is 9.23. The fourth-order valence-corrected chi connectivity index (χ4v) is 5.59. The largest absolute Gasteiger partial charge is 0.369 e. The van der Waals surface area contributed by atoms with Crippen molar-refractivity contribution in [3.05, 3.63) is 29.3 Å². The first kappa shape index (κ1) is 17.0. The minimum absolute atomic E-state index is 0.351. The molecule has 26 heavy (non-hydrogen) atoms. The summed E-state index contributed by atoms with van der Waals surface area (Å²) < 4.78 is 0. The highest BCUT2D eigenvalue weighted by Gasteiger charge is 2.47. The van der Waals surface area contributed by atoms with Gasteiger partial charge >= 0.3 is 0 Å². The first-order valence-electron chi connectivity index (χ1n) is 10.3. The third-order valence-electron chi connectivity index (χ3n) is 7.27. The van der Waals surface area contributed by atoms with Gasteiger partial charge in [0.2, 0.25) is 0 Å². The second-order valence-electron chi connectivity index (χ2n) is 8.76. The van der Waals surface area contributed by atoms with E-state index in [1.54, 1.807) is 11.1 Å². The molecule has 0 amide bonds. The van der Waals surface area contributed by atoms with E-state index in [1.165, 1.54) is 31.6 Å². The van der Waals surface area contributed by atoms with Crippen molar-refractivity contribution >= 4 is 5.69 Å². The van der Waals surface area contributed by atoms with Crippen LogP contribution >= 0.6 is 0 Å². The quantitative estimate of drug-likeness (QED) is 0.765. The lowest BCUT2D eigenvalue weighted by molar-refractivity contribution is -0.140. The van der Waals surface area contributed by atoms with E-state index in [0.29, 0.717) is 24.1 Å². The van der Waals surface area contributed by atoms with Gasteiger partial charge < -0.3 is 9.80 Å². The van der Waals surface area contributed by atoms with Crippen LogP contribution in [0, 0.1) is 5.92 Å². The predicted molar refractivity (Wildman–Crippen MR) is 104 cm³/mol. The predicted octanol–water partition coefficient (Wildman–Crippen LogP) is 1.99. The summed E-state index contributed by atoms with van der Waals surface area (Å²) in [4.78, 5) is 13.8. The van der Waals surface area contributed by atoms with Crippen LogP contribution in [0.1, 0.15) is 30.5 Å². The van der Waals surface area contributed by atoms with Gasteiger partial charge in [-0.1, -0.05) is 6.07 Å². The van der Waals surface area contributed by atoms with Gasteiger partial charge in [0.1, 0.15) is 0 Å². The number of benzene rings is 1. The Morgan fingerprint density at radius 1 is 1.04 bits per heavy atom. The van der Waals surface area contributed by atoms with Gasteiger partial charge in [0.05, 0.1) is 6.10 Å². The van der Waals surface area contributed by atoms with Crippen LogP contribution in [-0.2, 0) is 11.3 Å². The fourth-order valence-electron chi connectivity index (χ4n) is 5.59. The summed E-state index contributed by atoms with van der Waals surface area (Å²) in [7, 11) is 4.35. The lowest BCUT2D eigenvalue weighted by atomic mass is 9.79. The van der Waals surface area contributed by atoms with Crippen molar-refractivity contribution in [2.45, 2.75) is 38.0 Å². The van der Waals surface area contributed by atoms with E-state index in [1.807, 2.05) is 0 Å². The Kier molecular flexibility index (Phi) is 4.24. The molecule has 5 rings (SSSR count). The van der Waals surface area contributed by atoms with E-state index >= 15 is 0 Å². The van der Waals surface area contributed by atoms with Crippen LogP contribution in [0.4, 0.5) is 5.69 Å². The Balaban J connectivity index is 1.42. The van der Waals surface area contributed by atoms with E-state index in [9.17, 15) is 0 Å². The van der Waals surface area contributed by atoms with Crippen LogP contribution in [-0.4, -0.2) is 80.4 Å². The zero-order valence-corrected chi connectivity index (χ0v) is 16.4. The number of nitrogens with zero attached hydrogens (tertiary/aromatic N) is 4. The molecule has 0 unspecified atom stereocenters. The average Bonchev–Trinajstić information content (AvgIpc) is 2.94. The van der Waals surface area contributed by atoms with Gasteiger partial charge in [-0.05, 0) is 50.1 Å². The van der Waals surface area contributed by atoms with E-state index in [2.05, 4.69) is 59.0 Å². The lowest BCUT2D eigenvalue weighted by Gasteiger charge is -2.46. The van der Waals surface area contributed by atoms with Gasteiger partial charge in [0, 0.05) is 70.0 Å². The second kappa shape index (κ2) is 6.48. The van der Waals surface area contributed by atoms with Gasteiger partial charge in [-0.15, -0.1) is 0 Å². The Labute approximate surface area is 157 Å². The molecule has 5 nitrogen and oxygen atoms in total. The van der Waals surface area contributed by atoms with Crippen LogP contribution < -0.4 is 4.90 Å². The molecule has 142 valence electrons. The minimum Gasteiger partial charge on any atom is -0.369 e. The summed E-state index contributed by atoms with van der Waals surface area (Å²) in [6.07, 6.45) is 2.74. The maximum absolute atomic E-state index is 6.02. The molecule has 4 aliphatic rings. The zero-order chi connectivity index (χ0) is 17.8. The Hall–Kier alpha value is -1.14. The SMILES string of the molecule is C[C@@H]1ON(C)[C@H]2C[C@H]3c4cc(N5CCN(C)CC5)ccc4CCN3C[C@@H]12. The van der Waals surface area contributed by atoms with Gasteiger partial charge in [0.15, 0.2) is 0 Å². The highest BCUT2D eigenvalue weighted by atomic mass is 16.7. The van der Waals surface area contributed by atoms with Gasteiger partial charge in [-0.2, -0.15) is 5.06 Å². The normalized spacial score (nSPS) is 35.9. The van der Waals surface area contributed by atoms with Crippen molar-refractivity contribution < 1.29 is 4.84 Å². The van der Waals surface area contributed by atoms with E-state index in [4.69, 9.17) is 4.84 Å². The monoisotopic (exact) mass is 356 g/mol. The van der Waals surface area contributed by atoms with Crippen molar-refractivity contribution in [2.75, 3.05) is 58.3 Å². The molecule has 0 bridgehead atoms. The molecule has 0 aromatic heterocycles. The number of likely N-dealkylation sites (N-methyl/N-ethyl adjacent to an activating group) is 1. The van der Waals surface area contributed by atoms with Crippen LogP contribution in [0.25, 0.3) is 0 Å². The number of fused-ring (bicyclic) bond motifs is 4. The first-order chi connectivity index (χ1) is 12.6. The smallest absolute Gasteiger partial charge is 0.0821 e. The molecule has 0 spiro atoms. The van der Waals surface area contributed by atoms with Gasteiger partial charge in [-0.25, -0.2) is 0 Å². The maximum atomic E-state index is 6.02. The fraction of sp³-hybridized carbons (Fsp3) is 0.714. The number of hydroxylamine groups is 2. The second-order valence-corrected chi connectivity index (χ2v) is 8.76. The Morgan fingerprint density at radius 3 is 2.65 bits per heavy atom. The van der Waals surface area contributed by atoms with Crippen molar-refractivity contribution in [3.8, 4) is 0 Å². The third kappa shape index (κ3) is 2.76. The van der Waals surface area contributed by atoms with Gasteiger partial charge in [0.25, 0.3) is 0 Å². The molecule has 3 fully saturated rings. The molecule has 1 aromatic carbocycles. The number of anilines is 1. The maximum Gasteiger partial charge on any atom is 0.0821 e. The lowest BCUT2D eigenvalue weighted by Crippen LogP contribution is -2.50. The summed E-state index contributed by atoms with van der Waals surface area (Å²) in [5, 5.41) is 2.14. The number of rotatable bonds is 1. The Bertz CT molecular complexity index is 672. The third-order valence-corrected chi connectivity index (χ3v) is 7.27. The summed E-state index contributed by atoms with van der Waals surface area (Å²) in [5.74, 6) is 0.651. The number of piperidine rings is 1. The first-order valence-corrected chi connectivity index (χ1v) is 10.3. The summed E-state index contributed by atoms with van der Waals surface area (Å²) in [5.41, 5.74) is 4.57. The van der Waals surface area contributed by atoms with Crippen molar-refractivity contribution in [1.29, 1.82) is 0 Å². The minimum atomic E-state index is 0.351. The van der Waals surface area contributed by atoms with Crippen LogP contribution in [0.3, 0.4) is 0 Å². The highest BCUT2D eigenvalue weighted by Crippen LogP contribution is 2.44. The molecule has 4 heterocycles. The number of hydrogen-bond acceptors (Lipinski definition) is 5. The van der Waals surface area contributed by atoms with Gasteiger partial charge in [-0.3, -0.25) is 9.74 Å². The van der Waals surface area contributed by atoms with Crippen molar-refractivity contribution in [3.63, 3.8) is 0 Å². The molecule has 3 saturated heterocycles. The molecule has 0 radical (unpaired) electrons. The molecule has 1 aromatic rings. The highest BCUT2D eigenvalue weighted by molar-refractivity contribution is 5.53. The number of hydrogen-bond donors (Lipinski definition) is 0. The zero-order valence-electron chi connectivity index (χ0n) is 16.4. The molecular formula is C21H32N4O. The topological polar surface area (TPSA) is 22.2 Å². The average molecular weight is 357 g/mol. The molecule has 5 heteroatoms.